The van der Waals surface area contributed by atoms with E-state index in [1.54, 1.807) is 61.5 Å². The molecule has 0 aliphatic rings. The number of nitrogens with zero attached hydrogens (tertiary/aromatic N) is 1. The van der Waals surface area contributed by atoms with Gasteiger partial charge >= 0.3 is 0 Å². The van der Waals surface area contributed by atoms with Crippen molar-refractivity contribution in [3.8, 4) is 11.5 Å². The third-order valence-electron chi connectivity index (χ3n) is 5.75. The van der Waals surface area contributed by atoms with Crippen molar-refractivity contribution < 1.29 is 26.4 Å². The van der Waals surface area contributed by atoms with Crippen molar-refractivity contribution in [3.05, 3.63) is 108 Å². The number of benzene rings is 4. The zero-order valence-electron chi connectivity index (χ0n) is 21.5. The number of nitrogens with one attached hydrogen (secondary N) is 2. The van der Waals surface area contributed by atoms with E-state index in [4.69, 9.17) is 16.3 Å². The first-order valence-corrected chi connectivity index (χ1v) is 15.6. The van der Waals surface area contributed by atoms with Crippen molar-refractivity contribution in [2.24, 2.45) is 0 Å². The van der Waals surface area contributed by atoms with Gasteiger partial charge in [0.1, 0.15) is 18.0 Å². The van der Waals surface area contributed by atoms with Crippen LogP contribution in [0.15, 0.2) is 102 Å². The van der Waals surface area contributed by atoms with E-state index in [1.807, 2.05) is 18.2 Å². The number of anilines is 3. The van der Waals surface area contributed by atoms with Crippen molar-refractivity contribution in [2.75, 3.05) is 27.1 Å². The molecule has 0 fully saturated rings. The molecule has 2 N–H and O–H groups in total. The average Bonchev–Trinajstić information content (AvgIpc) is 2.91. The molecule has 0 unspecified atom stereocenters. The first-order chi connectivity index (χ1) is 18.9. The Morgan fingerprint density at radius 3 is 2.08 bits per heavy atom. The van der Waals surface area contributed by atoms with Crippen molar-refractivity contribution in [3.63, 3.8) is 0 Å². The lowest BCUT2D eigenvalue weighted by molar-refractivity contribution is -0.114. The van der Waals surface area contributed by atoms with E-state index in [9.17, 15) is 21.6 Å². The average molecular weight is 600 g/mol. The van der Waals surface area contributed by atoms with Crippen LogP contribution in [-0.4, -0.2) is 35.5 Å². The molecule has 0 bridgehead atoms. The predicted molar refractivity (Wildman–Crippen MR) is 157 cm³/mol. The van der Waals surface area contributed by atoms with Crippen molar-refractivity contribution in [2.45, 2.75) is 11.8 Å². The largest absolute Gasteiger partial charge is 0.457 e. The summed E-state index contributed by atoms with van der Waals surface area (Å²) in [7, 11) is -7.72. The van der Waals surface area contributed by atoms with Crippen molar-refractivity contribution in [1.82, 2.24) is 0 Å². The smallest absolute Gasteiger partial charge is 0.261 e. The van der Waals surface area contributed by atoms with Gasteiger partial charge in [-0.3, -0.25) is 13.8 Å². The van der Waals surface area contributed by atoms with Crippen LogP contribution in [0.4, 0.5) is 17.1 Å². The second-order valence-corrected chi connectivity index (χ2v) is 12.8. The van der Waals surface area contributed by atoms with Gasteiger partial charge in [0.05, 0.1) is 22.5 Å². The summed E-state index contributed by atoms with van der Waals surface area (Å²) in [6.07, 6.45) is 1.00. The molecule has 4 aromatic carbocycles. The Kier molecular flexibility index (Phi) is 8.67. The molecule has 0 radical (unpaired) electrons. The normalized spacial score (nSPS) is 11.5. The first kappa shape index (κ1) is 28.9. The van der Waals surface area contributed by atoms with Crippen LogP contribution in [0.1, 0.15) is 5.56 Å². The Morgan fingerprint density at radius 2 is 1.45 bits per heavy atom. The molecule has 0 spiro atoms. The third-order valence-corrected chi connectivity index (χ3v) is 8.68. The van der Waals surface area contributed by atoms with Crippen molar-refractivity contribution in [1.29, 1.82) is 0 Å². The molecule has 0 aliphatic carbocycles. The number of hydrogen-bond donors (Lipinski definition) is 2. The summed E-state index contributed by atoms with van der Waals surface area (Å²) in [6.45, 7) is 1.21. The molecular weight excluding hydrogens is 574 g/mol. The molecule has 0 saturated carbocycles. The fraction of sp³-hybridized carbons (Fsp3) is 0.107. The van der Waals surface area contributed by atoms with Gasteiger partial charge in [-0.05, 0) is 85.3 Å². The minimum atomic E-state index is -3.91. The SMILES string of the molecule is Cc1c(Cl)cccc1NS(=O)(=O)c1ccc(NC(=O)CN(c2ccc(Oc3ccccc3)cc2)S(C)(=O)=O)cc1. The minimum absolute atomic E-state index is 0.0274. The lowest BCUT2D eigenvalue weighted by Crippen LogP contribution is -2.37. The van der Waals surface area contributed by atoms with E-state index < -0.39 is 32.5 Å². The first-order valence-electron chi connectivity index (χ1n) is 11.9. The van der Waals surface area contributed by atoms with Crippen LogP contribution in [0.5, 0.6) is 11.5 Å². The lowest BCUT2D eigenvalue weighted by atomic mass is 10.2. The topological polar surface area (TPSA) is 122 Å². The molecule has 0 atom stereocenters. The second kappa shape index (κ2) is 12.0. The molecule has 40 heavy (non-hydrogen) atoms. The Hall–Kier alpha value is -4.06. The van der Waals surface area contributed by atoms with E-state index in [-0.39, 0.29) is 10.6 Å². The summed E-state index contributed by atoms with van der Waals surface area (Å²) in [4.78, 5) is 12.7. The maximum absolute atomic E-state index is 12.8. The van der Waals surface area contributed by atoms with E-state index >= 15 is 0 Å². The molecule has 9 nitrogen and oxygen atoms in total. The highest BCUT2D eigenvalue weighted by molar-refractivity contribution is 7.92. The zero-order chi connectivity index (χ0) is 28.9. The summed E-state index contributed by atoms with van der Waals surface area (Å²) in [5, 5.41) is 3.03. The van der Waals surface area contributed by atoms with Crippen LogP contribution < -0.4 is 19.1 Å². The maximum Gasteiger partial charge on any atom is 0.261 e. The van der Waals surface area contributed by atoms with Crippen LogP contribution >= 0.6 is 11.6 Å². The number of sulfonamides is 2. The van der Waals surface area contributed by atoms with Crippen LogP contribution in [-0.2, 0) is 24.8 Å². The van der Waals surface area contributed by atoms with E-state index in [1.165, 1.54) is 24.3 Å². The van der Waals surface area contributed by atoms with Gasteiger partial charge in [0.2, 0.25) is 15.9 Å². The van der Waals surface area contributed by atoms with Gasteiger partial charge in [-0.1, -0.05) is 35.9 Å². The summed E-state index contributed by atoms with van der Waals surface area (Å²) in [5.74, 6) is 0.519. The molecule has 1 amide bonds. The third kappa shape index (κ3) is 7.32. The summed E-state index contributed by atoms with van der Waals surface area (Å²) in [6, 6.07) is 25.8. The fourth-order valence-electron chi connectivity index (χ4n) is 3.68. The van der Waals surface area contributed by atoms with Crippen LogP contribution in [0.3, 0.4) is 0 Å². The van der Waals surface area contributed by atoms with Gasteiger partial charge in [0.15, 0.2) is 0 Å². The van der Waals surface area contributed by atoms with E-state index in [2.05, 4.69) is 10.0 Å². The number of amides is 1. The molecule has 0 aliphatic heterocycles. The molecule has 0 heterocycles. The molecule has 4 aromatic rings. The van der Waals surface area contributed by atoms with E-state index in [0.29, 0.717) is 33.5 Å². The number of hydrogen-bond acceptors (Lipinski definition) is 6. The number of ether oxygens (including phenoxy) is 1. The second-order valence-electron chi connectivity index (χ2n) is 8.77. The summed E-state index contributed by atoms with van der Waals surface area (Å²) in [5.41, 5.74) is 1.51. The molecule has 12 heteroatoms. The molecule has 4 rings (SSSR count). The van der Waals surface area contributed by atoms with Crippen LogP contribution in [0, 0.1) is 6.92 Å². The quantitative estimate of drug-likeness (QED) is 0.243. The zero-order valence-corrected chi connectivity index (χ0v) is 23.9. The standard InChI is InChI=1S/C28H26ClN3O6S2/c1-20-26(29)9-6-10-27(20)31-40(36,37)25-17-11-21(12-18-25)30-28(33)19-32(39(2,34)35)22-13-15-24(16-14-22)38-23-7-4-3-5-8-23/h3-18,31H,19H2,1-2H3,(H,30,33). The maximum atomic E-state index is 12.8. The summed E-state index contributed by atoms with van der Waals surface area (Å²) < 4.78 is 59.8. The number of carbonyl (C=O) groups excluding carboxylic acids is 1. The highest BCUT2D eigenvalue weighted by Crippen LogP contribution is 2.27. The fourth-order valence-corrected chi connectivity index (χ4v) is 5.83. The number of halogens is 1. The summed E-state index contributed by atoms with van der Waals surface area (Å²) >= 11 is 6.08. The van der Waals surface area contributed by atoms with Gasteiger partial charge in [0.25, 0.3) is 10.0 Å². The Labute approximate surface area is 238 Å². The van der Waals surface area contributed by atoms with Gasteiger partial charge in [0, 0.05) is 10.7 Å². The molecule has 0 saturated heterocycles. The Bertz CT molecular complexity index is 1710. The minimum Gasteiger partial charge on any atom is -0.457 e. The molecule has 0 aromatic heterocycles. The molecular formula is C28H26ClN3O6S2. The highest BCUT2D eigenvalue weighted by atomic mass is 35.5. The van der Waals surface area contributed by atoms with Gasteiger partial charge in [-0.25, -0.2) is 16.8 Å². The monoisotopic (exact) mass is 599 g/mol. The predicted octanol–water partition coefficient (Wildman–Crippen LogP) is 5.65. The number of carbonyl (C=O) groups is 1. The Morgan fingerprint density at radius 1 is 0.825 bits per heavy atom. The van der Waals surface area contributed by atoms with Crippen molar-refractivity contribution >= 4 is 54.6 Å². The van der Waals surface area contributed by atoms with Crippen LogP contribution in [0.25, 0.3) is 0 Å². The Balaban J connectivity index is 1.43. The number of para-hydroxylation sites is 1. The van der Waals surface area contributed by atoms with Gasteiger partial charge in [-0.15, -0.1) is 0 Å². The molecule has 208 valence electrons. The number of rotatable bonds is 10. The van der Waals surface area contributed by atoms with E-state index in [0.717, 1.165) is 10.6 Å². The van der Waals surface area contributed by atoms with Gasteiger partial charge in [-0.2, -0.15) is 0 Å². The lowest BCUT2D eigenvalue weighted by Gasteiger charge is -2.22. The highest BCUT2D eigenvalue weighted by Gasteiger charge is 2.22. The van der Waals surface area contributed by atoms with Crippen LogP contribution in [0.2, 0.25) is 5.02 Å². The van der Waals surface area contributed by atoms with Gasteiger partial charge < -0.3 is 10.1 Å².